The molecule has 1 unspecified atom stereocenters. The predicted octanol–water partition coefficient (Wildman–Crippen LogP) is 0.994. The topological polar surface area (TPSA) is 72.5 Å². The van der Waals surface area contributed by atoms with Crippen molar-refractivity contribution >= 4 is 5.97 Å². The van der Waals surface area contributed by atoms with Gasteiger partial charge in [0.1, 0.15) is 0 Å². The van der Waals surface area contributed by atoms with E-state index >= 15 is 0 Å². The molecule has 0 aliphatic heterocycles. The Bertz CT molecular complexity index is 166. The minimum atomic E-state index is -0.794. The number of ether oxygens (including phenoxy) is 1. The Kier molecular flexibility index (Phi) is 4.95. The lowest BCUT2D eigenvalue weighted by Gasteiger charge is -2.25. The summed E-state index contributed by atoms with van der Waals surface area (Å²) in [6, 6.07) is -0.0101. The molecule has 4 heteroatoms. The molecule has 0 spiro atoms. The summed E-state index contributed by atoms with van der Waals surface area (Å²) in [5, 5.41) is 8.47. The number of nitrogens with two attached hydrogens (primary N) is 1. The Morgan fingerprint density at radius 1 is 1.62 bits per heavy atom. The lowest BCUT2D eigenvalue weighted by molar-refractivity contribution is -0.138. The van der Waals surface area contributed by atoms with E-state index < -0.39 is 11.6 Å². The van der Waals surface area contributed by atoms with Crippen LogP contribution in [0, 0.1) is 0 Å². The summed E-state index contributed by atoms with van der Waals surface area (Å²) >= 11 is 0. The highest BCUT2D eigenvalue weighted by Gasteiger charge is 2.19. The SMILES string of the molecule is CC(N)COC(C)(C)CCC(=O)O. The molecule has 78 valence electrons. The zero-order valence-electron chi connectivity index (χ0n) is 8.54. The van der Waals surface area contributed by atoms with Gasteiger partial charge in [0.15, 0.2) is 0 Å². The van der Waals surface area contributed by atoms with Crippen molar-refractivity contribution in [3.63, 3.8) is 0 Å². The van der Waals surface area contributed by atoms with E-state index in [4.69, 9.17) is 15.6 Å². The van der Waals surface area contributed by atoms with Gasteiger partial charge in [0.25, 0.3) is 0 Å². The molecule has 0 aliphatic rings. The molecule has 0 bridgehead atoms. The molecule has 0 amide bonds. The minimum Gasteiger partial charge on any atom is -0.481 e. The molecule has 13 heavy (non-hydrogen) atoms. The second kappa shape index (κ2) is 5.19. The molecular formula is C9H19NO3. The first-order valence-electron chi connectivity index (χ1n) is 4.45. The third-order valence-electron chi connectivity index (χ3n) is 1.68. The maximum Gasteiger partial charge on any atom is 0.303 e. The van der Waals surface area contributed by atoms with E-state index in [0.29, 0.717) is 13.0 Å². The maximum absolute atomic E-state index is 10.3. The van der Waals surface area contributed by atoms with Gasteiger partial charge in [-0.2, -0.15) is 0 Å². The van der Waals surface area contributed by atoms with Crippen LogP contribution >= 0.6 is 0 Å². The summed E-state index contributed by atoms with van der Waals surface area (Å²) in [7, 11) is 0. The van der Waals surface area contributed by atoms with Crippen molar-refractivity contribution in [2.75, 3.05) is 6.61 Å². The Labute approximate surface area is 79.1 Å². The van der Waals surface area contributed by atoms with Crippen molar-refractivity contribution in [3.8, 4) is 0 Å². The molecule has 1 atom stereocenters. The maximum atomic E-state index is 10.3. The van der Waals surface area contributed by atoms with Crippen LogP contribution in [0.4, 0.5) is 0 Å². The van der Waals surface area contributed by atoms with Crippen LogP contribution in [-0.2, 0) is 9.53 Å². The molecule has 0 aromatic heterocycles. The molecule has 0 heterocycles. The molecule has 0 saturated carbocycles. The molecule has 0 rings (SSSR count). The lowest BCUT2D eigenvalue weighted by Crippen LogP contribution is -2.32. The quantitative estimate of drug-likeness (QED) is 0.653. The Morgan fingerprint density at radius 2 is 2.15 bits per heavy atom. The highest BCUT2D eigenvalue weighted by molar-refractivity contribution is 5.66. The van der Waals surface area contributed by atoms with E-state index in [1.807, 2.05) is 20.8 Å². The van der Waals surface area contributed by atoms with Gasteiger partial charge in [-0.05, 0) is 27.2 Å². The summed E-state index contributed by atoms with van der Waals surface area (Å²) < 4.78 is 5.45. The highest BCUT2D eigenvalue weighted by atomic mass is 16.5. The summed E-state index contributed by atoms with van der Waals surface area (Å²) in [6.45, 7) is 6.07. The number of carboxylic acids is 1. The average molecular weight is 189 g/mol. The Hall–Kier alpha value is -0.610. The van der Waals surface area contributed by atoms with Crippen LogP contribution in [0.5, 0.6) is 0 Å². The largest absolute Gasteiger partial charge is 0.481 e. The van der Waals surface area contributed by atoms with E-state index in [1.54, 1.807) is 0 Å². The van der Waals surface area contributed by atoms with Crippen molar-refractivity contribution in [2.45, 2.75) is 45.3 Å². The summed E-state index contributed by atoms with van der Waals surface area (Å²) in [4.78, 5) is 10.3. The second-order valence-electron chi connectivity index (χ2n) is 3.94. The van der Waals surface area contributed by atoms with Gasteiger partial charge < -0.3 is 15.6 Å². The van der Waals surface area contributed by atoms with Crippen molar-refractivity contribution in [2.24, 2.45) is 5.73 Å². The van der Waals surface area contributed by atoms with Crippen LogP contribution in [0.1, 0.15) is 33.6 Å². The lowest BCUT2D eigenvalue weighted by atomic mass is 10.0. The van der Waals surface area contributed by atoms with E-state index in [-0.39, 0.29) is 12.5 Å². The Morgan fingerprint density at radius 3 is 2.54 bits per heavy atom. The van der Waals surface area contributed by atoms with Gasteiger partial charge in [0, 0.05) is 12.5 Å². The fourth-order valence-corrected chi connectivity index (χ4v) is 0.837. The van der Waals surface area contributed by atoms with Crippen LogP contribution in [0.25, 0.3) is 0 Å². The molecule has 3 N–H and O–H groups in total. The molecular weight excluding hydrogens is 170 g/mol. The minimum absolute atomic E-state index is 0.0101. The van der Waals surface area contributed by atoms with E-state index in [1.165, 1.54) is 0 Å². The first-order chi connectivity index (χ1) is 5.83. The molecule has 4 nitrogen and oxygen atoms in total. The number of carbonyl (C=O) groups is 1. The molecule has 0 radical (unpaired) electrons. The predicted molar refractivity (Wildman–Crippen MR) is 50.6 cm³/mol. The zero-order valence-corrected chi connectivity index (χ0v) is 8.54. The number of hydrogen-bond donors (Lipinski definition) is 2. The number of aliphatic carboxylic acids is 1. The summed E-state index contributed by atoms with van der Waals surface area (Å²) in [6.07, 6.45) is 0.640. The van der Waals surface area contributed by atoms with Gasteiger partial charge in [0.05, 0.1) is 12.2 Å². The highest BCUT2D eigenvalue weighted by Crippen LogP contribution is 2.16. The van der Waals surface area contributed by atoms with Crippen LogP contribution in [0.2, 0.25) is 0 Å². The van der Waals surface area contributed by atoms with Crippen molar-refractivity contribution < 1.29 is 14.6 Å². The van der Waals surface area contributed by atoms with Crippen LogP contribution in [0.3, 0.4) is 0 Å². The van der Waals surface area contributed by atoms with Gasteiger partial charge in [-0.25, -0.2) is 0 Å². The molecule has 0 aromatic rings. The van der Waals surface area contributed by atoms with Gasteiger partial charge in [-0.1, -0.05) is 0 Å². The second-order valence-corrected chi connectivity index (χ2v) is 3.94. The number of carboxylic acid groups (broad SMARTS) is 1. The molecule has 0 aliphatic carbocycles. The van der Waals surface area contributed by atoms with E-state index in [2.05, 4.69) is 0 Å². The van der Waals surface area contributed by atoms with Gasteiger partial charge in [0.2, 0.25) is 0 Å². The average Bonchev–Trinajstić information content (AvgIpc) is 1.98. The van der Waals surface area contributed by atoms with Gasteiger partial charge >= 0.3 is 5.97 Å². The standard InChI is InChI=1S/C9H19NO3/c1-7(10)6-13-9(2,3)5-4-8(11)12/h7H,4-6,10H2,1-3H3,(H,11,12). The fraction of sp³-hybridized carbons (Fsp3) is 0.889. The van der Waals surface area contributed by atoms with Gasteiger partial charge in [-0.15, -0.1) is 0 Å². The Balaban J connectivity index is 3.72. The van der Waals surface area contributed by atoms with E-state index in [9.17, 15) is 4.79 Å². The smallest absolute Gasteiger partial charge is 0.303 e. The number of rotatable bonds is 6. The van der Waals surface area contributed by atoms with Crippen molar-refractivity contribution in [1.29, 1.82) is 0 Å². The van der Waals surface area contributed by atoms with Crippen molar-refractivity contribution in [1.82, 2.24) is 0 Å². The first kappa shape index (κ1) is 12.4. The normalized spacial score (nSPS) is 14.2. The monoisotopic (exact) mass is 189 g/mol. The molecule has 0 fully saturated rings. The van der Waals surface area contributed by atoms with Crippen molar-refractivity contribution in [3.05, 3.63) is 0 Å². The first-order valence-corrected chi connectivity index (χ1v) is 4.45. The van der Waals surface area contributed by atoms with Crippen LogP contribution in [-0.4, -0.2) is 29.3 Å². The number of hydrogen-bond acceptors (Lipinski definition) is 3. The fourth-order valence-electron chi connectivity index (χ4n) is 0.837. The summed E-state index contributed by atoms with van der Waals surface area (Å²) in [5.41, 5.74) is 5.12. The third-order valence-corrected chi connectivity index (χ3v) is 1.68. The van der Waals surface area contributed by atoms with E-state index in [0.717, 1.165) is 0 Å². The molecule has 0 saturated heterocycles. The zero-order chi connectivity index (χ0) is 10.5. The van der Waals surface area contributed by atoms with Crippen LogP contribution < -0.4 is 5.73 Å². The third kappa shape index (κ3) is 7.74. The summed E-state index contributed by atoms with van der Waals surface area (Å²) in [5.74, 6) is -0.794. The van der Waals surface area contributed by atoms with Crippen LogP contribution in [0.15, 0.2) is 0 Å². The van der Waals surface area contributed by atoms with Gasteiger partial charge in [-0.3, -0.25) is 4.79 Å². The molecule has 0 aromatic carbocycles.